The van der Waals surface area contributed by atoms with E-state index >= 15 is 0 Å². The SMILES string of the molecule is O=C(O)CCCC(=O)Nc1ccc([C@H]2O[C@@H](CN3CCN(c4ccc([N+](=O)[O-])cc4)CC3)C[C@@H](c3ccc(CO)cc3)O2)cc1. The van der Waals surface area contributed by atoms with Gasteiger partial charge in [0.05, 0.1) is 23.7 Å². The Morgan fingerprint density at radius 2 is 1.56 bits per heavy atom. The molecule has 3 aromatic carbocycles. The van der Waals surface area contributed by atoms with Gasteiger partial charge in [-0.2, -0.15) is 0 Å². The van der Waals surface area contributed by atoms with Crippen LogP contribution in [-0.4, -0.2) is 70.7 Å². The quantitative estimate of drug-likeness (QED) is 0.193. The number of piperazine rings is 1. The predicted octanol–water partition coefficient (Wildman–Crippen LogP) is 4.65. The molecule has 3 aromatic rings. The summed E-state index contributed by atoms with van der Waals surface area (Å²) >= 11 is 0. The number of nitro benzene ring substituents is 1. The molecular formula is C33H38N4O8. The normalized spacial score (nSPS) is 20.5. The molecule has 12 nitrogen and oxygen atoms in total. The molecule has 45 heavy (non-hydrogen) atoms. The zero-order chi connectivity index (χ0) is 31.8. The third-order valence-corrected chi connectivity index (χ3v) is 8.14. The van der Waals surface area contributed by atoms with Gasteiger partial charge in [-0.1, -0.05) is 36.4 Å². The van der Waals surface area contributed by atoms with E-state index in [2.05, 4.69) is 15.1 Å². The van der Waals surface area contributed by atoms with Crippen molar-refractivity contribution < 1.29 is 34.2 Å². The maximum atomic E-state index is 12.2. The number of nitro groups is 1. The lowest BCUT2D eigenvalue weighted by Crippen LogP contribution is -2.49. The number of anilines is 2. The van der Waals surface area contributed by atoms with E-state index in [1.54, 1.807) is 24.3 Å². The Labute approximate surface area is 261 Å². The van der Waals surface area contributed by atoms with E-state index in [0.29, 0.717) is 18.7 Å². The summed E-state index contributed by atoms with van der Waals surface area (Å²) in [7, 11) is 0. The van der Waals surface area contributed by atoms with Crippen molar-refractivity contribution in [1.29, 1.82) is 0 Å². The number of aliphatic carboxylic acids is 1. The zero-order valence-corrected chi connectivity index (χ0v) is 24.9. The molecule has 2 aliphatic heterocycles. The number of carboxylic acids is 1. The molecule has 238 valence electrons. The molecular weight excluding hydrogens is 580 g/mol. The van der Waals surface area contributed by atoms with Crippen LogP contribution in [0, 0.1) is 10.1 Å². The van der Waals surface area contributed by atoms with Gasteiger partial charge >= 0.3 is 5.97 Å². The van der Waals surface area contributed by atoms with E-state index in [4.69, 9.17) is 14.6 Å². The number of aliphatic hydroxyl groups excluding tert-OH is 1. The Morgan fingerprint density at radius 3 is 2.18 bits per heavy atom. The summed E-state index contributed by atoms with van der Waals surface area (Å²) in [5.74, 6) is -1.17. The van der Waals surface area contributed by atoms with Crippen molar-refractivity contribution in [3.63, 3.8) is 0 Å². The highest BCUT2D eigenvalue weighted by molar-refractivity contribution is 5.90. The zero-order valence-electron chi connectivity index (χ0n) is 24.9. The molecule has 2 heterocycles. The molecule has 2 saturated heterocycles. The minimum Gasteiger partial charge on any atom is -0.481 e. The van der Waals surface area contributed by atoms with Gasteiger partial charge in [0.2, 0.25) is 5.91 Å². The van der Waals surface area contributed by atoms with Gasteiger partial charge in [0, 0.05) is 81.1 Å². The number of hydrogen-bond donors (Lipinski definition) is 3. The first kappa shape index (κ1) is 32.0. The lowest BCUT2D eigenvalue weighted by molar-refractivity contribution is -0.384. The molecule has 1 amide bonds. The number of amides is 1. The van der Waals surface area contributed by atoms with E-state index < -0.39 is 17.2 Å². The number of nitrogens with zero attached hydrogens (tertiary/aromatic N) is 3. The largest absolute Gasteiger partial charge is 0.481 e. The number of ether oxygens (including phenoxy) is 2. The number of carbonyl (C=O) groups excluding carboxylic acids is 1. The molecule has 0 saturated carbocycles. The van der Waals surface area contributed by atoms with Crippen molar-refractivity contribution in [2.45, 2.75) is 50.8 Å². The van der Waals surface area contributed by atoms with Crippen LogP contribution in [0.1, 0.15) is 54.8 Å². The van der Waals surface area contributed by atoms with Crippen molar-refractivity contribution in [1.82, 2.24) is 4.90 Å². The molecule has 5 rings (SSSR count). The third kappa shape index (κ3) is 8.85. The van der Waals surface area contributed by atoms with E-state index in [-0.39, 0.29) is 49.7 Å². The summed E-state index contributed by atoms with van der Waals surface area (Å²) in [5.41, 5.74) is 4.28. The first-order valence-corrected chi connectivity index (χ1v) is 15.1. The van der Waals surface area contributed by atoms with Crippen LogP contribution in [0.3, 0.4) is 0 Å². The molecule has 0 radical (unpaired) electrons. The van der Waals surface area contributed by atoms with Crippen molar-refractivity contribution in [3.05, 3.63) is 99.6 Å². The highest BCUT2D eigenvalue weighted by atomic mass is 16.7. The van der Waals surface area contributed by atoms with Crippen molar-refractivity contribution in [2.75, 3.05) is 42.9 Å². The van der Waals surface area contributed by atoms with Crippen molar-refractivity contribution in [3.8, 4) is 0 Å². The van der Waals surface area contributed by atoms with E-state index in [0.717, 1.165) is 48.6 Å². The van der Waals surface area contributed by atoms with Crippen LogP contribution in [0.2, 0.25) is 0 Å². The standard InChI is InChI=1S/C33H38N4O8/c38-22-23-4-6-24(7-5-23)30-20-29(21-35-16-18-36(19-17-35)27-12-14-28(15-13-27)37(42)43)44-33(45-30)25-8-10-26(11-9-25)34-31(39)2-1-3-32(40)41/h4-15,29-30,33,38H,1-3,16-22H2,(H,34,39)(H,40,41)/t29-,30+,33+/m1/s1. The van der Waals surface area contributed by atoms with Gasteiger partial charge in [0.25, 0.3) is 5.69 Å². The number of aliphatic hydroxyl groups is 1. The maximum absolute atomic E-state index is 12.2. The van der Waals surface area contributed by atoms with Crippen LogP contribution in [0.5, 0.6) is 0 Å². The van der Waals surface area contributed by atoms with Crippen LogP contribution >= 0.6 is 0 Å². The van der Waals surface area contributed by atoms with Gasteiger partial charge in [-0.3, -0.25) is 24.6 Å². The van der Waals surface area contributed by atoms with Gasteiger partial charge in [0.1, 0.15) is 0 Å². The number of rotatable bonds is 12. The Bertz CT molecular complexity index is 1440. The Kier molecular flexibility index (Phi) is 10.7. The second-order valence-electron chi connectivity index (χ2n) is 11.3. The summed E-state index contributed by atoms with van der Waals surface area (Å²) in [5, 5.41) is 32.1. The Hall–Kier alpha value is -4.36. The second kappa shape index (κ2) is 15.1. The van der Waals surface area contributed by atoms with Crippen LogP contribution in [0.4, 0.5) is 17.1 Å². The first-order chi connectivity index (χ1) is 21.8. The smallest absolute Gasteiger partial charge is 0.303 e. The molecule has 0 aromatic heterocycles. The molecule has 3 atom stereocenters. The van der Waals surface area contributed by atoms with Gasteiger partial charge in [-0.05, 0) is 41.8 Å². The maximum Gasteiger partial charge on any atom is 0.303 e. The molecule has 2 fully saturated rings. The molecule has 2 aliphatic rings. The topological polar surface area (TPSA) is 155 Å². The predicted molar refractivity (Wildman–Crippen MR) is 167 cm³/mol. The number of hydrogen-bond acceptors (Lipinski definition) is 9. The number of non-ortho nitro benzene ring substituents is 1. The Balaban J connectivity index is 1.22. The molecule has 3 N–H and O–H groups in total. The van der Waals surface area contributed by atoms with Gasteiger partial charge in [-0.15, -0.1) is 0 Å². The second-order valence-corrected chi connectivity index (χ2v) is 11.3. The number of carboxylic acid groups (broad SMARTS) is 1. The summed E-state index contributed by atoms with van der Waals surface area (Å²) in [6, 6.07) is 21.7. The Morgan fingerprint density at radius 1 is 0.889 bits per heavy atom. The van der Waals surface area contributed by atoms with Crippen LogP contribution in [0.25, 0.3) is 0 Å². The average molecular weight is 619 g/mol. The molecule has 0 aliphatic carbocycles. The average Bonchev–Trinajstić information content (AvgIpc) is 3.05. The summed E-state index contributed by atoms with van der Waals surface area (Å²) < 4.78 is 12.9. The van der Waals surface area contributed by atoms with Gasteiger partial charge < -0.3 is 29.9 Å². The number of benzene rings is 3. The fourth-order valence-corrected chi connectivity index (χ4v) is 5.64. The van der Waals surface area contributed by atoms with Gasteiger partial charge in [-0.25, -0.2) is 0 Å². The van der Waals surface area contributed by atoms with Gasteiger partial charge in [0.15, 0.2) is 6.29 Å². The van der Waals surface area contributed by atoms with E-state index in [9.17, 15) is 24.8 Å². The summed E-state index contributed by atoms with van der Waals surface area (Å²) in [6.07, 6.45) is 0.0293. The lowest BCUT2D eigenvalue weighted by atomic mass is 9.99. The van der Waals surface area contributed by atoms with Crippen LogP contribution in [-0.2, 0) is 25.7 Å². The molecule has 0 unspecified atom stereocenters. The highest BCUT2D eigenvalue weighted by Gasteiger charge is 2.34. The fourth-order valence-electron chi connectivity index (χ4n) is 5.64. The number of carbonyl (C=O) groups is 2. The fraction of sp³-hybridized carbons (Fsp3) is 0.394. The van der Waals surface area contributed by atoms with Crippen LogP contribution in [0.15, 0.2) is 72.8 Å². The minimum absolute atomic E-state index is 0.0333. The van der Waals surface area contributed by atoms with Crippen molar-refractivity contribution in [2.24, 2.45) is 0 Å². The van der Waals surface area contributed by atoms with E-state index in [1.165, 1.54) is 12.1 Å². The summed E-state index contributed by atoms with van der Waals surface area (Å²) in [6.45, 7) is 3.90. The minimum atomic E-state index is -0.926. The highest BCUT2D eigenvalue weighted by Crippen LogP contribution is 2.38. The molecule has 0 spiro atoms. The van der Waals surface area contributed by atoms with E-state index in [1.807, 2.05) is 36.4 Å². The number of nitrogens with one attached hydrogen (secondary N) is 1. The molecule has 0 bridgehead atoms. The summed E-state index contributed by atoms with van der Waals surface area (Å²) in [4.78, 5) is 38.1. The monoisotopic (exact) mass is 618 g/mol. The first-order valence-electron chi connectivity index (χ1n) is 15.1. The molecule has 12 heteroatoms. The third-order valence-electron chi connectivity index (χ3n) is 8.14. The lowest BCUT2D eigenvalue weighted by Gasteiger charge is -2.41. The van der Waals surface area contributed by atoms with Crippen molar-refractivity contribution >= 4 is 28.9 Å². The van der Waals surface area contributed by atoms with Crippen LogP contribution < -0.4 is 10.2 Å².